The van der Waals surface area contributed by atoms with Gasteiger partial charge in [0.25, 0.3) is 0 Å². The van der Waals surface area contributed by atoms with Crippen molar-refractivity contribution >= 4 is 5.97 Å². The summed E-state index contributed by atoms with van der Waals surface area (Å²) in [5.74, 6) is 0.815. The summed E-state index contributed by atoms with van der Waals surface area (Å²) in [5, 5.41) is 0. The lowest BCUT2D eigenvalue weighted by atomic mass is 9.87. The fourth-order valence-corrected chi connectivity index (χ4v) is 3.87. The highest BCUT2D eigenvalue weighted by molar-refractivity contribution is 5.73. The monoisotopic (exact) mass is 281 g/mol. The Balaban J connectivity index is 1.80. The first kappa shape index (κ1) is 15.8. The summed E-state index contributed by atoms with van der Waals surface area (Å²) in [5.41, 5.74) is 0. The van der Waals surface area contributed by atoms with E-state index in [-0.39, 0.29) is 18.0 Å². The van der Waals surface area contributed by atoms with Gasteiger partial charge in [0.05, 0.1) is 5.92 Å². The van der Waals surface area contributed by atoms with Gasteiger partial charge in [0.15, 0.2) is 0 Å². The van der Waals surface area contributed by atoms with Gasteiger partial charge in [-0.3, -0.25) is 9.69 Å². The maximum atomic E-state index is 12.5. The number of esters is 1. The third kappa shape index (κ3) is 4.47. The van der Waals surface area contributed by atoms with Crippen LogP contribution in [-0.2, 0) is 9.53 Å². The van der Waals surface area contributed by atoms with Crippen LogP contribution in [0.5, 0.6) is 0 Å². The molecular weight excluding hydrogens is 250 g/mol. The average molecular weight is 281 g/mol. The summed E-state index contributed by atoms with van der Waals surface area (Å²) < 4.78 is 5.76. The molecule has 3 nitrogen and oxygen atoms in total. The van der Waals surface area contributed by atoms with Gasteiger partial charge in [-0.1, -0.05) is 26.2 Å². The van der Waals surface area contributed by atoms with Gasteiger partial charge in [-0.2, -0.15) is 0 Å². The Bertz CT molecular complexity index is 293. The zero-order valence-electron chi connectivity index (χ0n) is 13.3. The quantitative estimate of drug-likeness (QED) is 0.668. The van der Waals surface area contributed by atoms with Crippen LogP contribution in [-0.4, -0.2) is 36.6 Å². The van der Waals surface area contributed by atoms with E-state index >= 15 is 0 Å². The van der Waals surface area contributed by atoms with Crippen LogP contribution in [0.4, 0.5) is 0 Å². The number of rotatable bonds is 7. The van der Waals surface area contributed by atoms with Crippen LogP contribution in [0.15, 0.2) is 0 Å². The first-order chi connectivity index (χ1) is 9.70. The van der Waals surface area contributed by atoms with Crippen LogP contribution < -0.4 is 0 Å². The molecule has 0 aromatic carbocycles. The van der Waals surface area contributed by atoms with E-state index in [1.165, 1.54) is 51.6 Å². The molecule has 0 N–H and O–H groups in total. The molecule has 1 heterocycles. The van der Waals surface area contributed by atoms with Gasteiger partial charge in [-0.25, -0.2) is 0 Å². The number of likely N-dealkylation sites (tertiary alicyclic amines) is 1. The van der Waals surface area contributed by atoms with Gasteiger partial charge in [0.2, 0.25) is 0 Å². The van der Waals surface area contributed by atoms with Crippen molar-refractivity contribution in [2.75, 3.05) is 19.6 Å². The van der Waals surface area contributed by atoms with E-state index < -0.39 is 0 Å². The van der Waals surface area contributed by atoms with E-state index in [4.69, 9.17) is 4.74 Å². The number of carbonyl (C=O) groups is 1. The molecule has 3 heteroatoms. The summed E-state index contributed by atoms with van der Waals surface area (Å²) in [7, 11) is 0. The molecule has 1 aliphatic heterocycles. The van der Waals surface area contributed by atoms with Crippen LogP contribution >= 0.6 is 0 Å². The van der Waals surface area contributed by atoms with Crippen LogP contribution in [0.25, 0.3) is 0 Å². The lowest BCUT2D eigenvalue weighted by Gasteiger charge is -2.25. The zero-order chi connectivity index (χ0) is 14.4. The maximum Gasteiger partial charge on any atom is 0.309 e. The number of hydrogen-bond donors (Lipinski definition) is 0. The van der Waals surface area contributed by atoms with Crippen molar-refractivity contribution in [2.24, 2.45) is 11.8 Å². The molecule has 2 rings (SSSR count). The second-order valence-electron chi connectivity index (χ2n) is 6.69. The fourth-order valence-electron chi connectivity index (χ4n) is 3.87. The predicted octanol–water partition coefficient (Wildman–Crippen LogP) is 3.62. The minimum Gasteiger partial charge on any atom is -0.461 e. The molecule has 0 aromatic heterocycles. The highest BCUT2D eigenvalue weighted by Gasteiger charge is 2.32. The summed E-state index contributed by atoms with van der Waals surface area (Å²) in [6, 6.07) is 0. The summed E-state index contributed by atoms with van der Waals surface area (Å²) >= 11 is 0. The van der Waals surface area contributed by atoms with Gasteiger partial charge in [0.1, 0.15) is 6.10 Å². The topological polar surface area (TPSA) is 29.5 Å². The van der Waals surface area contributed by atoms with Crippen LogP contribution in [0.3, 0.4) is 0 Å². The summed E-state index contributed by atoms with van der Waals surface area (Å²) in [6.45, 7) is 7.47. The number of carbonyl (C=O) groups excluding carboxylic acids is 1. The van der Waals surface area contributed by atoms with Crippen molar-refractivity contribution in [3.63, 3.8) is 0 Å². The molecule has 1 saturated heterocycles. The lowest BCUT2D eigenvalue weighted by Crippen LogP contribution is -2.34. The third-order valence-corrected chi connectivity index (χ3v) is 4.90. The average Bonchev–Trinajstić information content (AvgIpc) is 3.08. The van der Waals surface area contributed by atoms with Crippen molar-refractivity contribution in [1.82, 2.24) is 4.90 Å². The molecule has 0 aromatic rings. The minimum atomic E-state index is 0.0429. The fraction of sp³-hybridized carbons (Fsp3) is 0.941. The molecule has 1 saturated carbocycles. The molecule has 1 aliphatic carbocycles. The highest BCUT2D eigenvalue weighted by Crippen LogP contribution is 2.34. The second-order valence-corrected chi connectivity index (χ2v) is 6.69. The molecule has 2 unspecified atom stereocenters. The molecule has 2 fully saturated rings. The standard InChI is InChI=1S/C17H31NO2/c1-3-8-16(15-9-4-5-10-15)17(19)20-14(2)13-18-11-6-7-12-18/h14-16H,3-13H2,1-2H3. The normalized spacial score (nSPS) is 23.9. The SMILES string of the molecule is CCCC(C(=O)OC(C)CN1CCCC1)C1CCCC1. The van der Waals surface area contributed by atoms with Crippen molar-refractivity contribution in [2.45, 2.75) is 71.3 Å². The van der Waals surface area contributed by atoms with Gasteiger partial charge in [-0.15, -0.1) is 0 Å². The molecule has 0 bridgehead atoms. The van der Waals surface area contributed by atoms with Crippen molar-refractivity contribution in [3.05, 3.63) is 0 Å². The summed E-state index contributed by atoms with van der Waals surface area (Å²) in [6.07, 6.45) is 9.74. The van der Waals surface area contributed by atoms with E-state index in [1.54, 1.807) is 0 Å². The van der Waals surface area contributed by atoms with Gasteiger partial charge in [-0.05, 0) is 58.0 Å². The minimum absolute atomic E-state index is 0.0429. The molecular formula is C17H31NO2. The third-order valence-electron chi connectivity index (χ3n) is 4.90. The Morgan fingerprint density at radius 1 is 1.20 bits per heavy atom. The Kier molecular flexibility index (Phi) is 6.34. The van der Waals surface area contributed by atoms with E-state index in [9.17, 15) is 4.79 Å². The molecule has 20 heavy (non-hydrogen) atoms. The zero-order valence-corrected chi connectivity index (χ0v) is 13.3. The number of hydrogen-bond acceptors (Lipinski definition) is 3. The molecule has 0 amide bonds. The maximum absolute atomic E-state index is 12.5. The van der Waals surface area contributed by atoms with Crippen LogP contribution in [0.2, 0.25) is 0 Å². The largest absolute Gasteiger partial charge is 0.461 e. The second kappa shape index (κ2) is 8.02. The van der Waals surface area contributed by atoms with Crippen molar-refractivity contribution in [1.29, 1.82) is 0 Å². The van der Waals surface area contributed by atoms with E-state index in [2.05, 4.69) is 11.8 Å². The molecule has 116 valence electrons. The molecule has 2 atom stereocenters. The van der Waals surface area contributed by atoms with E-state index in [0.29, 0.717) is 5.92 Å². The first-order valence-corrected chi connectivity index (χ1v) is 8.63. The lowest BCUT2D eigenvalue weighted by molar-refractivity contribution is -0.156. The summed E-state index contributed by atoms with van der Waals surface area (Å²) in [4.78, 5) is 14.9. The first-order valence-electron chi connectivity index (χ1n) is 8.63. The van der Waals surface area contributed by atoms with Crippen molar-refractivity contribution in [3.8, 4) is 0 Å². The highest BCUT2D eigenvalue weighted by atomic mass is 16.5. The van der Waals surface area contributed by atoms with E-state index in [1.807, 2.05) is 6.92 Å². The van der Waals surface area contributed by atoms with Crippen molar-refractivity contribution < 1.29 is 9.53 Å². The Morgan fingerprint density at radius 3 is 2.45 bits per heavy atom. The smallest absolute Gasteiger partial charge is 0.309 e. The van der Waals surface area contributed by atoms with Gasteiger partial charge in [0, 0.05) is 6.54 Å². The number of nitrogens with zero attached hydrogens (tertiary/aromatic N) is 1. The Labute approximate surface area is 124 Å². The Morgan fingerprint density at radius 2 is 1.85 bits per heavy atom. The van der Waals surface area contributed by atoms with Gasteiger partial charge < -0.3 is 4.74 Å². The van der Waals surface area contributed by atoms with Gasteiger partial charge >= 0.3 is 5.97 Å². The molecule has 0 radical (unpaired) electrons. The van der Waals surface area contributed by atoms with Crippen LogP contribution in [0, 0.1) is 11.8 Å². The number of ether oxygens (including phenoxy) is 1. The van der Waals surface area contributed by atoms with Crippen LogP contribution in [0.1, 0.15) is 65.2 Å². The predicted molar refractivity (Wildman–Crippen MR) is 81.6 cm³/mol. The molecule has 0 spiro atoms. The Hall–Kier alpha value is -0.570. The van der Waals surface area contributed by atoms with E-state index in [0.717, 1.165) is 19.4 Å². The molecule has 2 aliphatic rings.